The van der Waals surface area contributed by atoms with E-state index in [0.717, 1.165) is 38.9 Å². The van der Waals surface area contributed by atoms with Crippen molar-refractivity contribution in [3.05, 3.63) is 251 Å². The Kier molecular flexibility index (Phi) is 19.3. The third kappa shape index (κ3) is 14.8. The van der Waals surface area contributed by atoms with Crippen LogP contribution in [-0.4, -0.2) is 79.7 Å². The topological polar surface area (TPSA) is 113 Å². The number of aliphatic hydroxyl groups is 1. The van der Waals surface area contributed by atoms with Crippen LogP contribution in [0.15, 0.2) is 212 Å². The fourth-order valence-corrected chi connectivity index (χ4v) is 8.97. The smallest absolute Gasteiger partial charge is 0.187 e. The van der Waals surface area contributed by atoms with Crippen LogP contribution in [0, 0.1) is 0 Å². The van der Waals surface area contributed by atoms with E-state index in [2.05, 4.69) is 0 Å². The molecule has 1 N–H and O–H groups in total. The van der Waals surface area contributed by atoms with Crippen molar-refractivity contribution in [2.24, 2.45) is 0 Å². The van der Waals surface area contributed by atoms with Gasteiger partial charge >= 0.3 is 0 Å². The molecule has 7 aromatic carbocycles. The molecule has 11 heteroatoms. The molecule has 2 saturated heterocycles. The van der Waals surface area contributed by atoms with Crippen LogP contribution in [0.5, 0.6) is 0 Å². The van der Waals surface area contributed by atoms with E-state index in [-0.39, 0.29) is 46.2 Å². The van der Waals surface area contributed by atoms with E-state index >= 15 is 0 Å². The van der Waals surface area contributed by atoms with E-state index < -0.39 is 61.4 Å². The summed E-state index contributed by atoms with van der Waals surface area (Å²) in [5.41, 5.74) is 6.75. The Bertz CT molecular complexity index is 2550. The van der Waals surface area contributed by atoms with Crippen molar-refractivity contribution in [3.8, 4) is 0 Å². The molecular formula is C61H64O11. The monoisotopic (exact) mass is 972 g/mol. The van der Waals surface area contributed by atoms with Gasteiger partial charge in [-0.15, -0.1) is 0 Å². The Morgan fingerprint density at radius 1 is 0.292 bits per heavy atom. The maximum atomic E-state index is 12.0. The maximum absolute atomic E-state index is 12.0. The zero-order valence-corrected chi connectivity index (χ0v) is 40.4. The SMILES string of the molecule is O[C@H]1O[C@H](COCc2ccccc2)[C@@H](O[C@H]2O[C@H](COCc3ccccc3)[C@H](OCc3ccccc3)[C@H](OCc3ccccc3)[C@H]2OCc2ccccc2)[C@H](OCc2ccccc2)[C@H]1OCc1ccccc1. The highest BCUT2D eigenvalue weighted by Crippen LogP contribution is 2.36. The lowest BCUT2D eigenvalue weighted by atomic mass is 9.95. The van der Waals surface area contributed by atoms with Gasteiger partial charge in [0, 0.05) is 0 Å². The summed E-state index contributed by atoms with van der Waals surface area (Å²) in [6.07, 6.45) is -9.37. The van der Waals surface area contributed by atoms with Crippen molar-refractivity contribution in [3.63, 3.8) is 0 Å². The minimum absolute atomic E-state index is 0.0375. The first-order chi connectivity index (χ1) is 35.6. The fourth-order valence-electron chi connectivity index (χ4n) is 8.97. The van der Waals surface area contributed by atoms with Crippen molar-refractivity contribution in [1.29, 1.82) is 0 Å². The maximum Gasteiger partial charge on any atom is 0.187 e. The molecule has 2 aliphatic rings. The molecule has 2 heterocycles. The Morgan fingerprint density at radius 3 is 0.931 bits per heavy atom. The number of aliphatic hydroxyl groups excluding tert-OH is 1. The molecule has 0 spiro atoms. The Hall–Kier alpha value is -5.90. The number of hydrogen-bond donors (Lipinski definition) is 1. The molecule has 0 radical (unpaired) electrons. The zero-order chi connectivity index (χ0) is 49.0. The van der Waals surface area contributed by atoms with Crippen LogP contribution in [0.1, 0.15) is 38.9 Å². The van der Waals surface area contributed by atoms with Crippen LogP contribution < -0.4 is 0 Å². The van der Waals surface area contributed by atoms with Gasteiger partial charge < -0.3 is 52.5 Å². The highest BCUT2D eigenvalue weighted by atomic mass is 16.8. The van der Waals surface area contributed by atoms with Gasteiger partial charge in [0.05, 0.1) is 59.5 Å². The molecule has 10 atom stereocenters. The Labute approximate surface area is 423 Å². The van der Waals surface area contributed by atoms with Gasteiger partial charge in [0.1, 0.15) is 48.8 Å². The molecule has 0 aromatic heterocycles. The lowest BCUT2D eigenvalue weighted by molar-refractivity contribution is -0.374. The summed E-state index contributed by atoms with van der Waals surface area (Å²) < 4.78 is 68.6. The average molecular weight is 973 g/mol. The van der Waals surface area contributed by atoms with E-state index in [1.807, 2.05) is 212 Å². The summed E-state index contributed by atoms with van der Waals surface area (Å²) in [5.74, 6) is 0. The van der Waals surface area contributed by atoms with E-state index in [9.17, 15) is 5.11 Å². The van der Waals surface area contributed by atoms with Crippen molar-refractivity contribution in [2.45, 2.75) is 108 Å². The first-order valence-corrected chi connectivity index (χ1v) is 24.8. The summed E-state index contributed by atoms with van der Waals surface area (Å²) in [4.78, 5) is 0. The van der Waals surface area contributed by atoms with E-state index in [4.69, 9.17) is 47.4 Å². The van der Waals surface area contributed by atoms with Gasteiger partial charge in [0.2, 0.25) is 0 Å². The molecule has 0 bridgehead atoms. The molecule has 374 valence electrons. The molecule has 2 aliphatic heterocycles. The molecule has 9 rings (SSSR count). The third-order valence-corrected chi connectivity index (χ3v) is 12.7. The molecule has 0 amide bonds. The predicted octanol–water partition coefficient (Wildman–Crippen LogP) is 10.2. The molecule has 7 aromatic rings. The Balaban J connectivity index is 1.10. The summed E-state index contributed by atoms with van der Waals surface area (Å²) >= 11 is 0. The van der Waals surface area contributed by atoms with E-state index in [1.54, 1.807) is 0 Å². The van der Waals surface area contributed by atoms with Crippen LogP contribution in [0.4, 0.5) is 0 Å². The van der Waals surface area contributed by atoms with Crippen molar-refractivity contribution in [1.82, 2.24) is 0 Å². The largest absolute Gasteiger partial charge is 0.374 e. The van der Waals surface area contributed by atoms with Gasteiger partial charge in [-0.05, 0) is 38.9 Å². The normalized spacial score (nSPS) is 24.2. The Morgan fingerprint density at radius 2 is 0.569 bits per heavy atom. The van der Waals surface area contributed by atoms with Crippen molar-refractivity contribution < 1.29 is 52.5 Å². The zero-order valence-electron chi connectivity index (χ0n) is 40.4. The van der Waals surface area contributed by atoms with Crippen LogP contribution in [-0.2, 0) is 93.6 Å². The van der Waals surface area contributed by atoms with Gasteiger partial charge in [-0.25, -0.2) is 0 Å². The standard InChI is InChI=1S/C61H64O11/c62-60-58(68-41-50-32-18-6-19-33-50)57(67-40-49-30-16-5-17-31-49)55(53(70-60)44-64-37-46-24-10-2-11-25-46)72-61-59(69-42-51-34-20-7-21-35-51)56(66-39-48-28-14-4-15-29-48)54(65-38-47-26-12-3-13-27-47)52(71-61)43-63-36-45-22-8-1-9-23-45/h1-35,52-62H,36-44H2/t52-,53-,54+,55-,56+,57+,58-,59-,60+,61-/m1/s1. The first kappa shape index (κ1) is 51.0. The summed E-state index contributed by atoms with van der Waals surface area (Å²) in [6.45, 7) is 1.91. The van der Waals surface area contributed by atoms with Crippen molar-refractivity contribution >= 4 is 0 Å². The van der Waals surface area contributed by atoms with Gasteiger partial charge in [0.25, 0.3) is 0 Å². The summed E-state index contributed by atoms with van der Waals surface area (Å²) in [7, 11) is 0. The molecule has 72 heavy (non-hydrogen) atoms. The van der Waals surface area contributed by atoms with Crippen LogP contribution >= 0.6 is 0 Å². The molecule has 2 fully saturated rings. The third-order valence-electron chi connectivity index (χ3n) is 12.7. The van der Waals surface area contributed by atoms with Crippen molar-refractivity contribution in [2.75, 3.05) is 13.2 Å². The average Bonchev–Trinajstić information content (AvgIpc) is 3.43. The second-order valence-corrected chi connectivity index (χ2v) is 18.0. The minimum atomic E-state index is -1.41. The molecule has 0 unspecified atom stereocenters. The summed E-state index contributed by atoms with van der Waals surface area (Å²) in [6, 6.07) is 69.6. The van der Waals surface area contributed by atoms with Gasteiger partial charge in [-0.2, -0.15) is 0 Å². The molecular weight excluding hydrogens is 909 g/mol. The highest BCUT2D eigenvalue weighted by Gasteiger charge is 2.54. The second-order valence-electron chi connectivity index (χ2n) is 18.0. The number of hydrogen-bond acceptors (Lipinski definition) is 11. The van der Waals surface area contributed by atoms with Crippen LogP contribution in [0.25, 0.3) is 0 Å². The number of ether oxygens (including phenoxy) is 10. The van der Waals surface area contributed by atoms with Gasteiger partial charge in [-0.1, -0.05) is 212 Å². The lowest BCUT2D eigenvalue weighted by Gasteiger charge is -2.49. The fraction of sp³-hybridized carbons (Fsp3) is 0.311. The minimum Gasteiger partial charge on any atom is -0.374 e. The highest BCUT2D eigenvalue weighted by molar-refractivity contribution is 5.19. The quantitative estimate of drug-likeness (QED) is 0.0591. The lowest BCUT2D eigenvalue weighted by Crippen LogP contribution is -2.66. The van der Waals surface area contributed by atoms with Gasteiger partial charge in [0.15, 0.2) is 12.6 Å². The first-order valence-electron chi connectivity index (χ1n) is 24.8. The molecule has 11 nitrogen and oxygen atoms in total. The summed E-state index contributed by atoms with van der Waals surface area (Å²) in [5, 5.41) is 12.0. The number of benzene rings is 7. The number of rotatable bonds is 25. The van der Waals surface area contributed by atoms with Crippen LogP contribution in [0.3, 0.4) is 0 Å². The van der Waals surface area contributed by atoms with E-state index in [1.165, 1.54) is 0 Å². The molecule has 0 saturated carbocycles. The van der Waals surface area contributed by atoms with Gasteiger partial charge in [-0.3, -0.25) is 0 Å². The predicted molar refractivity (Wildman–Crippen MR) is 272 cm³/mol. The van der Waals surface area contributed by atoms with Crippen LogP contribution in [0.2, 0.25) is 0 Å². The second kappa shape index (κ2) is 27.2. The molecule has 0 aliphatic carbocycles. The van der Waals surface area contributed by atoms with E-state index in [0.29, 0.717) is 13.2 Å².